The van der Waals surface area contributed by atoms with Gasteiger partial charge in [0.25, 0.3) is 0 Å². The molecule has 196 valence electrons. The minimum Gasteiger partial charge on any atom is -0.369 e. The molecule has 1 aliphatic heterocycles. The van der Waals surface area contributed by atoms with E-state index in [0.29, 0.717) is 11.1 Å². The van der Waals surface area contributed by atoms with Crippen LogP contribution in [0.15, 0.2) is 53.5 Å². The van der Waals surface area contributed by atoms with Gasteiger partial charge in [-0.1, -0.05) is 55.3 Å². The Morgan fingerprint density at radius 1 is 1.05 bits per heavy atom. The van der Waals surface area contributed by atoms with Crippen molar-refractivity contribution in [2.75, 3.05) is 0 Å². The molecular formula is C27H27F4N3O3. The van der Waals surface area contributed by atoms with Crippen LogP contribution in [0.1, 0.15) is 48.8 Å². The standard InChI is InChI=1S/C27H27F4N3O3/c28-21-8-4-7-17-19(21)14-22(35)25(33-23(17)16-5-2-1-3-6-16)34-26(37)18(11-12-27(29,30)31)20(24(32)36)13-15-9-10-15/h1-8,15,18,20,25H,9-14H2,(H2,32,36)(H,34,37)/t18-,20+,25-/m1/s1. The molecule has 2 aliphatic rings. The number of benzene rings is 2. The highest BCUT2D eigenvalue weighted by Gasteiger charge is 2.41. The number of aliphatic imine (C=N–C) groups is 1. The van der Waals surface area contributed by atoms with E-state index in [9.17, 15) is 31.9 Å². The number of hydrogen-bond acceptors (Lipinski definition) is 4. The summed E-state index contributed by atoms with van der Waals surface area (Å²) in [6.45, 7) is 0. The van der Waals surface area contributed by atoms with Gasteiger partial charge in [0.15, 0.2) is 11.9 Å². The van der Waals surface area contributed by atoms with E-state index in [1.165, 1.54) is 12.1 Å². The van der Waals surface area contributed by atoms with Crippen LogP contribution in [0.2, 0.25) is 0 Å². The van der Waals surface area contributed by atoms with Gasteiger partial charge in [0.05, 0.1) is 5.71 Å². The monoisotopic (exact) mass is 517 g/mol. The number of nitrogens with zero attached hydrogens (tertiary/aromatic N) is 1. The number of halogens is 4. The molecule has 1 saturated carbocycles. The Morgan fingerprint density at radius 2 is 1.76 bits per heavy atom. The van der Waals surface area contributed by atoms with Crippen molar-refractivity contribution in [1.82, 2.24) is 5.32 Å². The van der Waals surface area contributed by atoms with Crippen molar-refractivity contribution in [3.05, 3.63) is 71.0 Å². The topological polar surface area (TPSA) is 102 Å². The minimum absolute atomic E-state index is 0.115. The lowest BCUT2D eigenvalue weighted by Crippen LogP contribution is -2.47. The van der Waals surface area contributed by atoms with Crippen molar-refractivity contribution < 1.29 is 31.9 Å². The van der Waals surface area contributed by atoms with Crippen LogP contribution in [0.4, 0.5) is 17.6 Å². The first-order valence-corrected chi connectivity index (χ1v) is 12.1. The highest BCUT2D eigenvalue weighted by Crippen LogP contribution is 2.39. The zero-order valence-electron chi connectivity index (χ0n) is 19.9. The first kappa shape index (κ1) is 26.5. The van der Waals surface area contributed by atoms with Gasteiger partial charge < -0.3 is 11.1 Å². The molecule has 0 bridgehead atoms. The van der Waals surface area contributed by atoms with E-state index < -0.39 is 60.4 Å². The summed E-state index contributed by atoms with van der Waals surface area (Å²) < 4.78 is 53.9. The van der Waals surface area contributed by atoms with Gasteiger partial charge in [-0.15, -0.1) is 0 Å². The molecule has 3 N–H and O–H groups in total. The zero-order chi connectivity index (χ0) is 26.7. The second-order valence-electron chi connectivity index (χ2n) is 9.61. The van der Waals surface area contributed by atoms with Crippen LogP contribution >= 0.6 is 0 Å². The average molecular weight is 518 g/mol. The summed E-state index contributed by atoms with van der Waals surface area (Å²) in [7, 11) is 0. The molecule has 2 amide bonds. The summed E-state index contributed by atoms with van der Waals surface area (Å²) in [5.41, 5.74) is 6.85. The molecule has 1 aliphatic carbocycles. The van der Waals surface area contributed by atoms with Crippen molar-refractivity contribution in [3.63, 3.8) is 0 Å². The highest BCUT2D eigenvalue weighted by atomic mass is 19.4. The number of amides is 2. The summed E-state index contributed by atoms with van der Waals surface area (Å²) >= 11 is 0. The third-order valence-electron chi connectivity index (χ3n) is 6.83. The molecule has 0 radical (unpaired) electrons. The second kappa shape index (κ2) is 10.8. The number of ketones is 1. The number of Topliss-reactive ketones (excluding diaryl/α,β-unsaturated/α-hetero) is 1. The van der Waals surface area contributed by atoms with Gasteiger partial charge in [-0.05, 0) is 24.8 Å². The van der Waals surface area contributed by atoms with Crippen LogP contribution < -0.4 is 11.1 Å². The van der Waals surface area contributed by atoms with Gasteiger partial charge in [-0.2, -0.15) is 13.2 Å². The molecule has 0 saturated heterocycles. The number of primary amides is 1. The molecule has 37 heavy (non-hydrogen) atoms. The van der Waals surface area contributed by atoms with Crippen molar-refractivity contribution in [2.45, 2.75) is 50.9 Å². The Kier molecular flexibility index (Phi) is 7.75. The molecule has 4 rings (SSSR count). The molecule has 2 aromatic rings. The average Bonchev–Trinajstić information content (AvgIpc) is 3.67. The number of nitrogens with one attached hydrogen (secondary N) is 1. The largest absolute Gasteiger partial charge is 0.389 e. The van der Waals surface area contributed by atoms with Crippen LogP contribution in [0.25, 0.3) is 0 Å². The maximum absolute atomic E-state index is 14.7. The Bertz CT molecular complexity index is 1210. The molecular weight excluding hydrogens is 490 g/mol. The smallest absolute Gasteiger partial charge is 0.369 e. The van der Waals surface area contributed by atoms with Crippen molar-refractivity contribution in [2.24, 2.45) is 28.5 Å². The van der Waals surface area contributed by atoms with Gasteiger partial charge in [-0.3, -0.25) is 19.4 Å². The zero-order valence-corrected chi connectivity index (χ0v) is 19.9. The molecule has 1 fully saturated rings. The predicted molar refractivity (Wildman–Crippen MR) is 128 cm³/mol. The van der Waals surface area contributed by atoms with E-state index in [4.69, 9.17) is 5.73 Å². The molecule has 0 spiro atoms. The van der Waals surface area contributed by atoms with E-state index >= 15 is 0 Å². The Morgan fingerprint density at radius 3 is 2.38 bits per heavy atom. The summed E-state index contributed by atoms with van der Waals surface area (Å²) in [6.07, 6.45) is -6.50. The third-order valence-corrected chi connectivity index (χ3v) is 6.83. The molecule has 0 aromatic heterocycles. The first-order chi connectivity index (χ1) is 17.5. The van der Waals surface area contributed by atoms with Gasteiger partial charge in [-0.25, -0.2) is 4.39 Å². The summed E-state index contributed by atoms with van der Waals surface area (Å²) in [4.78, 5) is 43.1. The summed E-state index contributed by atoms with van der Waals surface area (Å²) in [6, 6.07) is 13.0. The van der Waals surface area contributed by atoms with Crippen LogP contribution in [0.5, 0.6) is 0 Å². The highest BCUT2D eigenvalue weighted by molar-refractivity contribution is 6.16. The van der Waals surface area contributed by atoms with Crippen LogP contribution in [0, 0.1) is 23.6 Å². The maximum Gasteiger partial charge on any atom is 0.389 e. The van der Waals surface area contributed by atoms with Crippen molar-refractivity contribution >= 4 is 23.3 Å². The Balaban J connectivity index is 1.67. The minimum atomic E-state index is -4.55. The van der Waals surface area contributed by atoms with Crippen LogP contribution in [-0.4, -0.2) is 35.7 Å². The number of carbonyl (C=O) groups is 3. The number of carbonyl (C=O) groups excluding carboxylic acids is 3. The van der Waals surface area contributed by atoms with Crippen LogP contribution in [0.3, 0.4) is 0 Å². The van der Waals surface area contributed by atoms with E-state index in [1.807, 2.05) is 0 Å². The van der Waals surface area contributed by atoms with Crippen molar-refractivity contribution in [1.29, 1.82) is 0 Å². The number of hydrogen-bond donors (Lipinski definition) is 2. The van der Waals surface area contributed by atoms with Gasteiger partial charge in [0.2, 0.25) is 11.8 Å². The summed E-state index contributed by atoms with van der Waals surface area (Å²) in [5.74, 6) is -5.37. The summed E-state index contributed by atoms with van der Waals surface area (Å²) in [5, 5.41) is 2.45. The molecule has 2 aromatic carbocycles. The van der Waals surface area contributed by atoms with E-state index in [2.05, 4.69) is 10.3 Å². The Labute approximate surface area is 211 Å². The first-order valence-electron chi connectivity index (χ1n) is 12.1. The molecule has 6 nitrogen and oxygen atoms in total. The van der Waals surface area contributed by atoms with Gasteiger partial charge in [0.1, 0.15) is 5.82 Å². The lowest BCUT2D eigenvalue weighted by Gasteiger charge is -2.26. The molecule has 10 heteroatoms. The fraction of sp³-hybridized carbons (Fsp3) is 0.407. The molecule has 1 heterocycles. The van der Waals surface area contributed by atoms with Crippen molar-refractivity contribution in [3.8, 4) is 0 Å². The lowest BCUT2D eigenvalue weighted by atomic mass is 9.83. The number of alkyl halides is 3. The lowest BCUT2D eigenvalue weighted by molar-refractivity contribution is -0.146. The van der Waals surface area contributed by atoms with E-state index in [-0.39, 0.29) is 30.0 Å². The number of fused-ring (bicyclic) bond motifs is 1. The number of rotatable bonds is 9. The Hall–Kier alpha value is -3.56. The maximum atomic E-state index is 14.7. The second-order valence-corrected chi connectivity index (χ2v) is 9.61. The van der Waals surface area contributed by atoms with E-state index in [0.717, 1.165) is 12.8 Å². The van der Waals surface area contributed by atoms with Crippen LogP contribution in [-0.2, 0) is 20.8 Å². The van der Waals surface area contributed by atoms with Gasteiger partial charge >= 0.3 is 6.18 Å². The van der Waals surface area contributed by atoms with Gasteiger partial charge in [0, 0.05) is 41.4 Å². The fourth-order valence-corrected chi connectivity index (χ4v) is 4.71. The predicted octanol–water partition coefficient (Wildman–Crippen LogP) is 4.09. The third kappa shape index (κ3) is 6.61. The van der Waals surface area contributed by atoms with E-state index in [1.54, 1.807) is 36.4 Å². The molecule has 3 atom stereocenters. The fourth-order valence-electron chi connectivity index (χ4n) is 4.71. The SMILES string of the molecule is NC(=O)[C@@H](CC1CC1)[C@@H](CCC(F)(F)F)C(=O)N[C@H]1N=C(c2ccccc2)c2cccc(F)c2CC1=O. The number of nitrogens with two attached hydrogens (primary N) is 1. The molecule has 0 unspecified atom stereocenters. The normalized spacial score (nSPS) is 19.3. The quantitative estimate of drug-likeness (QED) is 0.490.